The standard InChI is InChI=1S/C16H21NO/c1-16(2,18)14-11-17(12-7-3-4-8-12)15-10-6-5-9-13(14)15/h5-6,9-12,18H,3-4,7-8H2,1-2H3. The number of aromatic nitrogens is 1. The van der Waals surface area contributed by atoms with Gasteiger partial charge in [-0.25, -0.2) is 0 Å². The van der Waals surface area contributed by atoms with Gasteiger partial charge in [0.1, 0.15) is 0 Å². The highest BCUT2D eigenvalue weighted by molar-refractivity contribution is 5.85. The normalized spacial score (nSPS) is 17.7. The van der Waals surface area contributed by atoms with E-state index >= 15 is 0 Å². The van der Waals surface area contributed by atoms with Gasteiger partial charge in [0, 0.05) is 28.7 Å². The Morgan fingerprint density at radius 3 is 2.50 bits per heavy atom. The monoisotopic (exact) mass is 243 g/mol. The van der Waals surface area contributed by atoms with E-state index < -0.39 is 5.60 Å². The summed E-state index contributed by atoms with van der Waals surface area (Å²) in [5.74, 6) is 0. The third-order valence-corrected chi connectivity index (χ3v) is 4.12. The van der Waals surface area contributed by atoms with Crippen molar-refractivity contribution in [1.29, 1.82) is 0 Å². The van der Waals surface area contributed by atoms with Crippen molar-refractivity contribution in [3.05, 3.63) is 36.0 Å². The van der Waals surface area contributed by atoms with Crippen LogP contribution in [0.5, 0.6) is 0 Å². The molecular formula is C16H21NO. The average molecular weight is 243 g/mol. The first-order valence-electron chi connectivity index (χ1n) is 6.90. The van der Waals surface area contributed by atoms with Crippen molar-refractivity contribution in [2.24, 2.45) is 0 Å². The van der Waals surface area contributed by atoms with Crippen molar-refractivity contribution < 1.29 is 5.11 Å². The van der Waals surface area contributed by atoms with Crippen molar-refractivity contribution in [1.82, 2.24) is 4.57 Å². The molecular weight excluding hydrogens is 222 g/mol. The van der Waals surface area contributed by atoms with Crippen LogP contribution in [0.1, 0.15) is 51.1 Å². The van der Waals surface area contributed by atoms with E-state index in [0.717, 1.165) is 5.56 Å². The highest BCUT2D eigenvalue weighted by Gasteiger charge is 2.25. The topological polar surface area (TPSA) is 25.2 Å². The van der Waals surface area contributed by atoms with Crippen molar-refractivity contribution in [2.45, 2.75) is 51.2 Å². The largest absolute Gasteiger partial charge is 0.386 e. The molecule has 0 radical (unpaired) electrons. The lowest BCUT2D eigenvalue weighted by atomic mass is 9.98. The average Bonchev–Trinajstić information content (AvgIpc) is 2.94. The molecule has 1 saturated carbocycles. The van der Waals surface area contributed by atoms with E-state index in [1.54, 1.807) is 0 Å². The summed E-state index contributed by atoms with van der Waals surface area (Å²) >= 11 is 0. The molecule has 18 heavy (non-hydrogen) atoms. The van der Waals surface area contributed by atoms with E-state index in [1.807, 2.05) is 13.8 Å². The Balaban J connectivity index is 2.20. The van der Waals surface area contributed by atoms with Gasteiger partial charge in [-0.3, -0.25) is 0 Å². The minimum Gasteiger partial charge on any atom is -0.386 e. The van der Waals surface area contributed by atoms with Crippen molar-refractivity contribution >= 4 is 10.9 Å². The van der Waals surface area contributed by atoms with E-state index in [1.165, 1.54) is 36.6 Å². The number of fused-ring (bicyclic) bond motifs is 1. The molecule has 0 atom stereocenters. The molecule has 2 aromatic rings. The van der Waals surface area contributed by atoms with Gasteiger partial charge in [-0.15, -0.1) is 0 Å². The fraction of sp³-hybridized carbons (Fsp3) is 0.500. The second-order valence-electron chi connectivity index (χ2n) is 5.96. The van der Waals surface area contributed by atoms with Gasteiger partial charge in [0.05, 0.1) is 5.60 Å². The number of nitrogens with zero attached hydrogens (tertiary/aromatic N) is 1. The summed E-state index contributed by atoms with van der Waals surface area (Å²) in [7, 11) is 0. The van der Waals surface area contributed by atoms with Crippen LogP contribution >= 0.6 is 0 Å². The quantitative estimate of drug-likeness (QED) is 0.847. The summed E-state index contributed by atoms with van der Waals surface area (Å²) in [5.41, 5.74) is 1.54. The molecule has 0 aliphatic heterocycles. The molecule has 1 fully saturated rings. The summed E-state index contributed by atoms with van der Waals surface area (Å²) in [6.07, 6.45) is 7.36. The SMILES string of the molecule is CC(C)(O)c1cn(C2CCCC2)c2ccccc12. The zero-order valence-corrected chi connectivity index (χ0v) is 11.2. The summed E-state index contributed by atoms with van der Waals surface area (Å²) in [4.78, 5) is 0. The van der Waals surface area contributed by atoms with Crippen LogP contribution in [0.15, 0.2) is 30.5 Å². The fourth-order valence-electron chi connectivity index (χ4n) is 3.18. The summed E-state index contributed by atoms with van der Waals surface area (Å²) in [6, 6.07) is 9.04. The van der Waals surface area contributed by atoms with Crippen LogP contribution in [-0.4, -0.2) is 9.67 Å². The van der Waals surface area contributed by atoms with Gasteiger partial charge < -0.3 is 9.67 Å². The summed E-state index contributed by atoms with van der Waals surface area (Å²) in [5, 5.41) is 11.5. The van der Waals surface area contributed by atoms with Crippen LogP contribution in [-0.2, 0) is 5.60 Å². The molecule has 1 aliphatic carbocycles. The van der Waals surface area contributed by atoms with Gasteiger partial charge in [-0.05, 0) is 32.8 Å². The number of para-hydroxylation sites is 1. The van der Waals surface area contributed by atoms with Crippen molar-refractivity contribution in [3.63, 3.8) is 0 Å². The smallest absolute Gasteiger partial charge is 0.0861 e. The van der Waals surface area contributed by atoms with Crippen molar-refractivity contribution in [2.75, 3.05) is 0 Å². The third kappa shape index (κ3) is 1.85. The van der Waals surface area contributed by atoms with Crippen LogP contribution in [0, 0.1) is 0 Å². The summed E-state index contributed by atoms with van der Waals surface area (Å²) in [6.45, 7) is 3.74. The molecule has 1 aromatic carbocycles. The highest BCUT2D eigenvalue weighted by Crippen LogP contribution is 2.37. The fourth-order valence-corrected chi connectivity index (χ4v) is 3.18. The minimum atomic E-state index is -0.774. The molecule has 96 valence electrons. The molecule has 0 spiro atoms. The van der Waals surface area contributed by atoms with Crippen LogP contribution in [0.2, 0.25) is 0 Å². The number of hydrogen-bond acceptors (Lipinski definition) is 1. The maximum absolute atomic E-state index is 10.3. The highest BCUT2D eigenvalue weighted by atomic mass is 16.3. The Kier molecular flexibility index (Phi) is 2.70. The van der Waals surface area contributed by atoms with E-state index in [9.17, 15) is 5.11 Å². The zero-order valence-electron chi connectivity index (χ0n) is 11.2. The Labute approximate surface area is 108 Å². The van der Waals surface area contributed by atoms with Gasteiger partial charge in [-0.1, -0.05) is 31.0 Å². The lowest BCUT2D eigenvalue weighted by Crippen LogP contribution is -2.15. The zero-order chi connectivity index (χ0) is 12.8. The number of aliphatic hydroxyl groups is 1. The van der Waals surface area contributed by atoms with Gasteiger partial charge in [0.15, 0.2) is 0 Å². The molecule has 1 N–H and O–H groups in total. The minimum absolute atomic E-state index is 0.617. The Morgan fingerprint density at radius 2 is 1.83 bits per heavy atom. The molecule has 0 bridgehead atoms. The maximum Gasteiger partial charge on any atom is 0.0861 e. The lowest BCUT2D eigenvalue weighted by molar-refractivity contribution is 0.0799. The molecule has 1 aliphatic rings. The summed E-state index contributed by atoms with van der Waals surface area (Å²) < 4.78 is 2.38. The Hall–Kier alpha value is -1.28. The van der Waals surface area contributed by atoms with Gasteiger partial charge in [-0.2, -0.15) is 0 Å². The predicted molar refractivity (Wildman–Crippen MR) is 74.7 cm³/mol. The van der Waals surface area contributed by atoms with E-state index in [2.05, 4.69) is 35.0 Å². The number of rotatable bonds is 2. The first-order chi connectivity index (χ1) is 8.57. The van der Waals surface area contributed by atoms with E-state index in [4.69, 9.17) is 0 Å². The van der Waals surface area contributed by atoms with E-state index in [-0.39, 0.29) is 0 Å². The van der Waals surface area contributed by atoms with Gasteiger partial charge in [0.2, 0.25) is 0 Å². The lowest BCUT2D eigenvalue weighted by Gasteiger charge is -2.16. The van der Waals surface area contributed by atoms with Gasteiger partial charge in [0.25, 0.3) is 0 Å². The predicted octanol–water partition coefficient (Wildman–Crippen LogP) is 3.98. The second-order valence-corrected chi connectivity index (χ2v) is 5.96. The van der Waals surface area contributed by atoms with Crippen LogP contribution in [0.4, 0.5) is 0 Å². The van der Waals surface area contributed by atoms with Crippen LogP contribution in [0.25, 0.3) is 10.9 Å². The van der Waals surface area contributed by atoms with E-state index in [0.29, 0.717) is 6.04 Å². The molecule has 2 heteroatoms. The number of hydrogen-bond donors (Lipinski definition) is 1. The Morgan fingerprint density at radius 1 is 1.17 bits per heavy atom. The number of benzene rings is 1. The molecule has 0 saturated heterocycles. The first kappa shape index (κ1) is 11.8. The van der Waals surface area contributed by atoms with Crippen molar-refractivity contribution in [3.8, 4) is 0 Å². The molecule has 0 unspecified atom stereocenters. The first-order valence-corrected chi connectivity index (χ1v) is 6.90. The molecule has 1 aromatic heterocycles. The molecule has 0 amide bonds. The van der Waals surface area contributed by atoms with Crippen LogP contribution in [0.3, 0.4) is 0 Å². The second kappa shape index (κ2) is 4.13. The molecule has 3 rings (SSSR count). The molecule has 1 heterocycles. The Bertz CT molecular complexity index is 556. The molecule has 2 nitrogen and oxygen atoms in total. The van der Waals surface area contributed by atoms with Gasteiger partial charge >= 0.3 is 0 Å². The third-order valence-electron chi connectivity index (χ3n) is 4.12. The van der Waals surface area contributed by atoms with Crippen LogP contribution < -0.4 is 0 Å². The maximum atomic E-state index is 10.3.